The minimum absolute atomic E-state index is 0.103. The number of amides is 3. The molecular weight excluding hydrogens is 410 g/mol. The fourth-order valence-electron chi connectivity index (χ4n) is 3.85. The SMILES string of the molecule is COc1ccccc1NC(=O)N[C@H]1CC[C@@H](CC(=O)N[C@@H](C)c2ccccc2)O[C@@H]1CO. The fraction of sp³-hybridized carbons (Fsp3) is 0.417. The van der Waals surface area contributed by atoms with Crippen molar-refractivity contribution in [3.63, 3.8) is 0 Å². The predicted molar refractivity (Wildman–Crippen MR) is 122 cm³/mol. The van der Waals surface area contributed by atoms with Crippen LogP contribution in [0.1, 0.15) is 37.8 Å². The molecule has 3 rings (SSSR count). The Labute approximate surface area is 188 Å². The highest BCUT2D eigenvalue weighted by atomic mass is 16.5. The average molecular weight is 442 g/mol. The molecule has 0 saturated carbocycles. The Morgan fingerprint density at radius 1 is 1.12 bits per heavy atom. The topological polar surface area (TPSA) is 109 Å². The summed E-state index contributed by atoms with van der Waals surface area (Å²) in [7, 11) is 1.53. The smallest absolute Gasteiger partial charge is 0.319 e. The van der Waals surface area contributed by atoms with E-state index in [1.807, 2.05) is 43.3 Å². The standard InChI is InChI=1S/C24H31N3O5/c1-16(17-8-4-3-5-9-17)25-23(29)14-18-12-13-20(22(15-28)32-18)27-24(30)26-19-10-6-7-11-21(19)31-2/h3-11,16,18,20,22,28H,12-15H2,1-2H3,(H,25,29)(H2,26,27,30)/t16-,18-,20-,22+/m0/s1. The summed E-state index contributed by atoms with van der Waals surface area (Å²) in [5.41, 5.74) is 1.58. The van der Waals surface area contributed by atoms with Crippen LogP contribution in [0.3, 0.4) is 0 Å². The molecule has 1 fully saturated rings. The number of hydrogen-bond donors (Lipinski definition) is 4. The number of benzene rings is 2. The summed E-state index contributed by atoms with van der Waals surface area (Å²) in [6.45, 7) is 1.68. The molecule has 3 amide bonds. The second-order valence-electron chi connectivity index (χ2n) is 7.87. The highest BCUT2D eigenvalue weighted by molar-refractivity contribution is 5.91. The molecule has 0 radical (unpaired) electrons. The molecule has 2 aromatic rings. The Hall–Kier alpha value is -3.10. The third kappa shape index (κ3) is 6.45. The average Bonchev–Trinajstić information content (AvgIpc) is 2.80. The number of aliphatic hydroxyl groups is 1. The first-order valence-electron chi connectivity index (χ1n) is 10.8. The third-order valence-electron chi connectivity index (χ3n) is 5.56. The lowest BCUT2D eigenvalue weighted by molar-refractivity contribution is -0.131. The number of para-hydroxylation sites is 2. The van der Waals surface area contributed by atoms with Crippen LogP contribution in [0.25, 0.3) is 0 Å². The summed E-state index contributed by atoms with van der Waals surface area (Å²) in [6.07, 6.45) is 0.496. The van der Waals surface area contributed by atoms with Gasteiger partial charge in [-0.15, -0.1) is 0 Å². The normalized spacial score (nSPS) is 21.3. The molecule has 0 unspecified atom stereocenters. The maximum absolute atomic E-state index is 12.5. The fourth-order valence-corrected chi connectivity index (χ4v) is 3.85. The van der Waals surface area contributed by atoms with Crippen LogP contribution < -0.4 is 20.7 Å². The molecule has 0 aliphatic carbocycles. The first-order chi connectivity index (χ1) is 15.5. The van der Waals surface area contributed by atoms with E-state index in [4.69, 9.17) is 9.47 Å². The Morgan fingerprint density at radius 2 is 1.84 bits per heavy atom. The summed E-state index contributed by atoms with van der Waals surface area (Å²) in [4.78, 5) is 24.9. The van der Waals surface area contributed by atoms with Gasteiger partial charge in [0.05, 0.1) is 44.0 Å². The highest BCUT2D eigenvalue weighted by Crippen LogP contribution is 2.25. The van der Waals surface area contributed by atoms with E-state index in [2.05, 4.69) is 16.0 Å². The van der Waals surface area contributed by atoms with E-state index in [9.17, 15) is 14.7 Å². The number of hydrogen-bond acceptors (Lipinski definition) is 5. The van der Waals surface area contributed by atoms with Crippen LogP contribution in [0, 0.1) is 0 Å². The lowest BCUT2D eigenvalue weighted by Gasteiger charge is -2.36. The number of carbonyl (C=O) groups is 2. The molecule has 1 saturated heterocycles. The summed E-state index contributed by atoms with van der Waals surface area (Å²) >= 11 is 0. The zero-order valence-corrected chi connectivity index (χ0v) is 18.4. The van der Waals surface area contributed by atoms with Crippen LogP contribution in [0.4, 0.5) is 10.5 Å². The molecule has 32 heavy (non-hydrogen) atoms. The van der Waals surface area contributed by atoms with E-state index < -0.39 is 12.1 Å². The van der Waals surface area contributed by atoms with Crippen LogP contribution in [0.15, 0.2) is 54.6 Å². The minimum Gasteiger partial charge on any atom is -0.495 e. The molecule has 1 aliphatic heterocycles. The van der Waals surface area contributed by atoms with E-state index in [0.717, 1.165) is 5.56 Å². The number of anilines is 1. The van der Waals surface area contributed by atoms with Gasteiger partial charge >= 0.3 is 6.03 Å². The van der Waals surface area contributed by atoms with Gasteiger partial charge in [-0.1, -0.05) is 42.5 Å². The van der Waals surface area contributed by atoms with E-state index in [1.165, 1.54) is 7.11 Å². The van der Waals surface area contributed by atoms with Crippen molar-refractivity contribution < 1.29 is 24.2 Å². The minimum atomic E-state index is -0.587. The second kappa shape index (κ2) is 11.5. The molecule has 172 valence electrons. The Bertz CT molecular complexity index is 892. The Balaban J connectivity index is 1.48. The molecule has 8 heteroatoms. The maximum atomic E-state index is 12.5. The molecule has 2 aromatic carbocycles. The van der Waals surface area contributed by atoms with Crippen LogP contribution in [-0.2, 0) is 9.53 Å². The van der Waals surface area contributed by atoms with Gasteiger partial charge in [0.1, 0.15) is 11.9 Å². The predicted octanol–water partition coefficient (Wildman–Crippen LogP) is 2.99. The van der Waals surface area contributed by atoms with Crippen LogP contribution in [0.2, 0.25) is 0 Å². The van der Waals surface area contributed by atoms with Gasteiger partial charge in [0.15, 0.2) is 0 Å². The number of urea groups is 1. The zero-order valence-electron chi connectivity index (χ0n) is 18.4. The highest BCUT2D eigenvalue weighted by Gasteiger charge is 2.33. The zero-order chi connectivity index (χ0) is 22.9. The third-order valence-corrected chi connectivity index (χ3v) is 5.56. The quantitative estimate of drug-likeness (QED) is 0.504. The molecule has 1 heterocycles. The van der Waals surface area contributed by atoms with Gasteiger partial charge in [-0.3, -0.25) is 4.79 Å². The van der Waals surface area contributed by atoms with E-state index >= 15 is 0 Å². The van der Waals surface area contributed by atoms with Crippen LogP contribution >= 0.6 is 0 Å². The van der Waals surface area contributed by atoms with Crippen molar-refractivity contribution in [1.29, 1.82) is 0 Å². The maximum Gasteiger partial charge on any atom is 0.319 e. The van der Waals surface area contributed by atoms with Crippen molar-refractivity contribution in [3.05, 3.63) is 60.2 Å². The molecule has 0 aromatic heterocycles. The van der Waals surface area contributed by atoms with Crippen LogP contribution in [0.5, 0.6) is 5.75 Å². The molecule has 0 spiro atoms. The lowest BCUT2D eigenvalue weighted by atomic mass is 9.97. The van der Waals surface area contributed by atoms with Crippen LogP contribution in [-0.4, -0.2) is 49.0 Å². The van der Waals surface area contributed by atoms with Gasteiger partial charge < -0.3 is 30.5 Å². The van der Waals surface area contributed by atoms with Gasteiger partial charge in [-0.05, 0) is 37.5 Å². The molecule has 8 nitrogen and oxygen atoms in total. The van der Waals surface area contributed by atoms with Gasteiger partial charge in [0.2, 0.25) is 5.91 Å². The van der Waals surface area contributed by atoms with Crippen molar-refractivity contribution in [2.24, 2.45) is 0 Å². The van der Waals surface area contributed by atoms with Crippen molar-refractivity contribution in [1.82, 2.24) is 10.6 Å². The largest absolute Gasteiger partial charge is 0.495 e. The molecule has 1 aliphatic rings. The van der Waals surface area contributed by atoms with Gasteiger partial charge in [-0.25, -0.2) is 4.79 Å². The van der Waals surface area contributed by atoms with E-state index in [0.29, 0.717) is 24.3 Å². The molecule has 4 N–H and O–H groups in total. The van der Waals surface area contributed by atoms with E-state index in [1.54, 1.807) is 18.2 Å². The second-order valence-corrected chi connectivity index (χ2v) is 7.87. The van der Waals surface area contributed by atoms with Gasteiger partial charge in [-0.2, -0.15) is 0 Å². The summed E-state index contributed by atoms with van der Waals surface area (Å²) < 4.78 is 11.2. The first-order valence-corrected chi connectivity index (χ1v) is 10.8. The molecule has 0 bridgehead atoms. The van der Waals surface area contributed by atoms with Crippen molar-refractivity contribution >= 4 is 17.6 Å². The lowest BCUT2D eigenvalue weighted by Crippen LogP contribution is -2.52. The van der Waals surface area contributed by atoms with Crippen molar-refractivity contribution in [3.8, 4) is 5.75 Å². The monoisotopic (exact) mass is 441 g/mol. The Kier molecular flexibility index (Phi) is 8.47. The summed E-state index contributed by atoms with van der Waals surface area (Å²) in [5, 5.41) is 18.4. The van der Waals surface area contributed by atoms with Gasteiger partial charge in [0.25, 0.3) is 0 Å². The summed E-state index contributed by atoms with van der Waals surface area (Å²) in [5.74, 6) is 0.445. The molecular formula is C24H31N3O5. The van der Waals surface area contributed by atoms with Crippen molar-refractivity contribution in [2.45, 2.75) is 50.5 Å². The number of carbonyl (C=O) groups excluding carboxylic acids is 2. The Morgan fingerprint density at radius 3 is 2.56 bits per heavy atom. The van der Waals surface area contributed by atoms with E-state index in [-0.39, 0.29) is 37.1 Å². The number of nitrogens with one attached hydrogen (secondary N) is 3. The number of rotatable bonds is 8. The molecule has 4 atom stereocenters. The first kappa shape index (κ1) is 23.6. The number of aliphatic hydroxyl groups excluding tert-OH is 1. The number of methoxy groups -OCH3 is 1. The number of ether oxygens (including phenoxy) is 2. The van der Waals surface area contributed by atoms with Crippen molar-refractivity contribution in [2.75, 3.05) is 19.0 Å². The van der Waals surface area contributed by atoms with Gasteiger partial charge in [0, 0.05) is 0 Å². The summed E-state index contributed by atoms with van der Waals surface area (Å²) in [6, 6.07) is 16.0.